The summed E-state index contributed by atoms with van der Waals surface area (Å²) >= 11 is 0. The first kappa shape index (κ1) is 16.7. The summed E-state index contributed by atoms with van der Waals surface area (Å²) in [5, 5.41) is 27.4. The molecule has 112 valence electrons. The molecule has 20 heavy (non-hydrogen) atoms. The third-order valence-electron chi connectivity index (χ3n) is 2.81. The summed E-state index contributed by atoms with van der Waals surface area (Å²) in [6.45, 7) is -1.01. The molecule has 0 aromatic heterocycles. The summed E-state index contributed by atoms with van der Waals surface area (Å²) in [6, 6.07) is 5.33. The summed E-state index contributed by atoms with van der Waals surface area (Å²) in [5.41, 5.74) is -1.54. The normalized spacial score (nSPS) is 12.4. The van der Waals surface area contributed by atoms with E-state index in [-0.39, 0.29) is 16.2 Å². The first-order chi connectivity index (χ1) is 9.30. The van der Waals surface area contributed by atoms with E-state index < -0.39 is 35.4 Å². The molecule has 0 atom stereocenters. The number of aliphatic hydroxyl groups excluding tert-OH is 3. The SMILES string of the molecule is CC(=O)c1cccc(S(=O)(=O)NC(CO)(CO)CO)c1. The van der Waals surface area contributed by atoms with Crippen molar-refractivity contribution in [3.63, 3.8) is 0 Å². The lowest BCUT2D eigenvalue weighted by atomic mass is 10.1. The zero-order chi connectivity index (χ0) is 15.4. The van der Waals surface area contributed by atoms with Crippen LogP contribution in [0, 0.1) is 0 Å². The third kappa shape index (κ3) is 3.62. The molecule has 0 aliphatic heterocycles. The van der Waals surface area contributed by atoms with Gasteiger partial charge in [-0.1, -0.05) is 12.1 Å². The van der Waals surface area contributed by atoms with Gasteiger partial charge in [0, 0.05) is 5.56 Å². The van der Waals surface area contributed by atoms with Crippen LogP contribution in [0.15, 0.2) is 29.2 Å². The second-order valence-corrected chi connectivity index (χ2v) is 6.13. The summed E-state index contributed by atoms with van der Waals surface area (Å²) < 4.78 is 26.3. The highest BCUT2D eigenvalue weighted by Crippen LogP contribution is 2.15. The lowest BCUT2D eigenvalue weighted by Gasteiger charge is -2.28. The topological polar surface area (TPSA) is 124 Å². The third-order valence-corrected chi connectivity index (χ3v) is 4.39. The Morgan fingerprint density at radius 2 is 1.75 bits per heavy atom. The molecular formula is C12H17NO6S. The van der Waals surface area contributed by atoms with E-state index in [0.29, 0.717) is 0 Å². The van der Waals surface area contributed by atoms with Gasteiger partial charge in [0.25, 0.3) is 0 Å². The highest BCUT2D eigenvalue weighted by molar-refractivity contribution is 7.89. The molecule has 0 amide bonds. The molecule has 4 N–H and O–H groups in total. The van der Waals surface area contributed by atoms with Gasteiger partial charge in [-0.3, -0.25) is 4.79 Å². The monoisotopic (exact) mass is 303 g/mol. The van der Waals surface area contributed by atoms with Crippen LogP contribution in [0.4, 0.5) is 0 Å². The number of sulfonamides is 1. The molecule has 0 aliphatic carbocycles. The van der Waals surface area contributed by atoms with Gasteiger partial charge in [-0.05, 0) is 19.1 Å². The van der Waals surface area contributed by atoms with Crippen LogP contribution in [0.2, 0.25) is 0 Å². The Morgan fingerprint density at radius 1 is 1.20 bits per heavy atom. The molecule has 7 nitrogen and oxygen atoms in total. The van der Waals surface area contributed by atoms with Gasteiger partial charge in [-0.15, -0.1) is 0 Å². The van der Waals surface area contributed by atoms with E-state index in [1.165, 1.54) is 31.2 Å². The van der Waals surface area contributed by atoms with Gasteiger partial charge in [-0.2, -0.15) is 4.72 Å². The molecule has 0 fully saturated rings. The molecule has 0 heterocycles. The molecule has 8 heteroatoms. The Labute approximate surface area is 116 Å². The van der Waals surface area contributed by atoms with Crippen LogP contribution in [-0.4, -0.2) is 54.9 Å². The van der Waals surface area contributed by atoms with Crippen molar-refractivity contribution in [1.82, 2.24) is 4.72 Å². The number of rotatable bonds is 7. The molecule has 0 unspecified atom stereocenters. The molecular weight excluding hydrogens is 286 g/mol. The number of hydrogen-bond acceptors (Lipinski definition) is 6. The second kappa shape index (κ2) is 6.42. The number of Topliss-reactive ketones (excluding diaryl/α,β-unsaturated/α-hetero) is 1. The fraction of sp³-hybridized carbons (Fsp3) is 0.417. The van der Waals surface area contributed by atoms with Gasteiger partial charge in [0.05, 0.1) is 24.7 Å². The van der Waals surface area contributed by atoms with Crippen LogP contribution in [0.5, 0.6) is 0 Å². The second-order valence-electron chi connectivity index (χ2n) is 4.44. The van der Waals surface area contributed by atoms with Crippen molar-refractivity contribution in [3.05, 3.63) is 29.8 Å². The number of aliphatic hydroxyl groups is 3. The summed E-state index contributed by atoms with van der Waals surface area (Å²) in [7, 11) is -4.09. The van der Waals surface area contributed by atoms with Crippen molar-refractivity contribution in [3.8, 4) is 0 Å². The van der Waals surface area contributed by atoms with E-state index >= 15 is 0 Å². The fourth-order valence-corrected chi connectivity index (χ4v) is 2.89. The Morgan fingerprint density at radius 3 is 2.20 bits per heavy atom. The maximum atomic E-state index is 12.1. The van der Waals surface area contributed by atoms with Crippen LogP contribution in [-0.2, 0) is 10.0 Å². The first-order valence-corrected chi connectivity index (χ1v) is 7.26. The molecule has 0 spiro atoms. The maximum absolute atomic E-state index is 12.1. The number of ketones is 1. The highest BCUT2D eigenvalue weighted by Gasteiger charge is 2.34. The van der Waals surface area contributed by atoms with Crippen LogP contribution in [0.1, 0.15) is 17.3 Å². The largest absolute Gasteiger partial charge is 0.394 e. The Bertz CT molecular complexity index is 571. The quantitative estimate of drug-likeness (QED) is 0.473. The van der Waals surface area contributed by atoms with Gasteiger partial charge in [0.1, 0.15) is 5.54 Å². The summed E-state index contributed by atoms with van der Waals surface area (Å²) in [5.74, 6) is -0.292. The average molecular weight is 303 g/mol. The lowest BCUT2D eigenvalue weighted by Crippen LogP contribution is -2.56. The van der Waals surface area contributed by atoms with Gasteiger partial charge >= 0.3 is 0 Å². The minimum Gasteiger partial charge on any atom is -0.394 e. The molecule has 1 aromatic carbocycles. The minimum absolute atomic E-state index is 0.190. The van der Waals surface area contributed by atoms with E-state index in [1.807, 2.05) is 4.72 Å². The van der Waals surface area contributed by atoms with Crippen LogP contribution < -0.4 is 4.72 Å². The maximum Gasteiger partial charge on any atom is 0.241 e. The highest BCUT2D eigenvalue weighted by atomic mass is 32.2. The molecule has 0 radical (unpaired) electrons. The smallest absolute Gasteiger partial charge is 0.241 e. The van der Waals surface area contributed by atoms with Crippen LogP contribution >= 0.6 is 0 Å². The number of hydrogen-bond donors (Lipinski definition) is 4. The number of nitrogens with one attached hydrogen (secondary N) is 1. The first-order valence-electron chi connectivity index (χ1n) is 5.78. The van der Waals surface area contributed by atoms with Crippen molar-refractivity contribution in [2.45, 2.75) is 17.4 Å². The standard InChI is InChI=1S/C12H17NO6S/c1-9(17)10-3-2-4-11(5-10)20(18,19)13-12(6-14,7-15)8-16/h2-5,13-16H,6-8H2,1H3. The van der Waals surface area contributed by atoms with Crippen molar-refractivity contribution in [2.75, 3.05) is 19.8 Å². The molecule has 0 saturated carbocycles. The fourth-order valence-electron chi connectivity index (χ4n) is 1.47. The van der Waals surface area contributed by atoms with Gasteiger partial charge in [-0.25, -0.2) is 8.42 Å². The van der Waals surface area contributed by atoms with Crippen LogP contribution in [0.25, 0.3) is 0 Å². The van der Waals surface area contributed by atoms with Crippen molar-refractivity contribution in [2.24, 2.45) is 0 Å². The Hall–Kier alpha value is -1.32. The zero-order valence-corrected chi connectivity index (χ0v) is 11.7. The predicted octanol–water partition coefficient (Wildman–Crippen LogP) is -1.12. The molecule has 0 aliphatic rings. The summed E-state index contributed by atoms with van der Waals surface area (Å²) in [4.78, 5) is 11.1. The van der Waals surface area contributed by atoms with Gasteiger partial charge < -0.3 is 15.3 Å². The Kier molecular flexibility index (Phi) is 5.37. The van der Waals surface area contributed by atoms with Crippen LogP contribution in [0.3, 0.4) is 0 Å². The number of carbonyl (C=O) groups excluding carboxylic acids is 1. The van der Waals surface area contributed by atoms with E-state index in [1.54, 1.807) is 0 Å². The number of benzene rings is 1. The van der Waals surface area contributed by atoms with Crippen molar-refractivity contribution in [1.29, 1.82) is 0 Å². The van der Waals surface area contributed by atoms with E-state index in [0.717, 1.165) is 0 Å². The molecule has 0 bridgehead atoms. The number of carbonyl (C=O) groups is 1. The van der Waals surface area contributed by atoms with Crippen molar-refractivity contribution >= 4 is 15.8 Å². The van der Waals surface area contributed by atoms with Crippen molar-refractivity contribution < 1.29 is 28.5 Å². The Balaban J connectivity index is 3.17. The predicted molar refractivity (Wildman–Crippen MR) is 70.8 cm³/mol. The summed E-state index contributed by atoms with van der Waals surface area (Å²) in [6.07, 6.45) is 0. The molecule has 1 aromatic rings. The van der Waals surface area contributed by atoms with Gasteiger partial charge in [0.15, 0.2) is 5.78 Å². The molecule has 1 rings (SSSR count). The average Bonchev–Trinajstić information content (AvgIpc) is 2.45. The molecule has 0 saturated heterocycles. The zero-order valence-electron chi connectivity index (χ0n) is 10.9. The van der Waals surface area contributed by atoms with E-state index in [9.17, 15) is 13.2 Å². The lowest BCUT2D eigenvalue weighted by molar-refractivity contribution is 0.0582. The van der Waals surface area contributed by atoms with Gasteiger partial charge in [0.2, 0.25) is 10.0 Å². The van der Waals surface area contributed by atoms with E-state index in [2.05, 4.69) is 0 Å². The minimum atomic E-state index is -4.09. The van der Waals surface area contributed by atoms with E-state index in [4.69, 9.17) is 15.3 Å².